The van der Waals surface area contributed by atoms with Crippen molar-refractivity contribution >= 4 is 23.5 Å². The second kappa shape index (κ2) is 8.39. The van der Waals surface area contributed by atoms with Gasteiger partial charge in [0.25, 0.3) is 0 Å². The van der Waals surface area contributed by atoms with Gasteiger partial charge in [-0.15, -0.1) is 0 Å². The van der Waals surface area contributed by atoms with E-state index in [0.717, 1.165) is 43.6 Å². The Kier molecular flexibility index (Phi) is 5.67. The number of fused-ring (bicyclic) bond motifs is 6. The number of hydrogen-bond donors (Lipinski definition) is 0. The highest BCUT2D eigenvalue weighted by molar-refractivity contribution is 7.99. The van der Waals surface area contributed by atoms with Crippen molar-refractivity contribution in [3.8, 4) is 5.75 Å². The number of ether oxygens (including phenoxy) is 2. The highest BCUT2D eigenvalue weighted by Crippen LogP contribution is 2.70. The quantitative estimate of drug-likeness (QED) is 0.446. The summed E-state index contributed by atoms with van der Waals surface area (Å²) < 4.78 is 11.5. The van der Waals surface area contributed by atoms with Gasteiger partial charge in [-0.1, -0.05) is 31.6 Å². The summed E-state index contributed by atoms with van der Waals surface area (Å²) in [5.74, 6) is 3.97. The smallest absolute Gasteiger partial charge is 0.306 e. The number of ketones is 1. The molecule has 0 amide bonds. The summed E-state index contributed by atoms with van der Waals surface area (Å²) in [4.78, 5) is 24.7. The lowest BCUT2D eigenvalue weighted by Crippen LogP contribution is -2.57. The van der Waals surface area contributed by atoms with E-state index in [1.807, 2.05) is 18.2 Å². The summed E-state index contributed by atoms with van der Waals surface area (Å²) in [7, 11) is 1.71. The fraction of sp³-hybridized carbons (Fsp3) is 0.667. The lowest BCUT2D eigenvalue weighted by Gasteiger charge is -2.61. The first-order chi connectivity index (χ1) is 16.8. The van der Waals surface area contributed by atoms with Crippen LogP contribution in [-0.2, 0) is 20.1 Å². The Balaban J connectivity index is 1.33. The number of hydrogen-bond acceptors (Lipinski definition) is 5. The van der Waals surface area contributed by atoms with Gasteiger partial charge in [-0.25, -0.2) is 0 Å². The number of thioether (sulfide) groups is 1. The monoisotopic (exact) mass is 494 g/mol. The normalized spacial score (nSPS) is 42.2. The van der Waals surface area contributed by atoms with Crippen molar-refractivity contribution in [1.82, 2.24) is 0 Å². The molecule has 0 bridgehead atoms. The second-order valence-corrected chi connectivity index (χ2v) is 13.4. The molecule has 5 heteroatoms. The van der Waals surface area contributed by atoms with Crippen LogP contribution in [0.25, 0.3) is 0 Å². The summed E-state index contributed by atoms with van der Waals surface area (Å²) in [6, 6.07) is 8.44. The van der Waals surface area contributed by atoms with Gasteiger partial charge in [0.15, 0.2) is 5.78 Å². The van der Waals surface area contributed by atoms with Crippen molar-refractivity contribution in [3.63, 3.8) is 0 Å². The largest absolute Gasteiger partial charge is 0.497 e. The molecule has 6 rings (SSSR count). The molecule has 0 N–H and O–H groups in total. The van der Waals surface area contributed by atoms with Crippen molar-refractivity contribution in [2.45, 2.75) is 88.2 Å². The third-order valence-corrected chi connectivity index (χ3v) is 12.3. The number of esters is 1. The van der Waals surface area contributed by atoms with Gasteiger partial charge in [-0.05, 0) is 91.9 Å². The minimum absolute atomic E-state index is 0.00560. The molecule has 188 valence electrons. The summed E-state index contributed by atoms with van der Waals surface area (Å²) in [6.07, 6.45) is 10.7. The van der Waals surface area contributed by atoms with Crippen LogP contribution in [0.15, 0.2) is 35.9 Å². The molecule has 4 fully saturated rings. The van der Waals surface area contributed by atoms with Crippen LogP contribution in [0.4, 0.5) is 0 Å². The van der Waals surface area contributed by atoms with E-state index in [-0.39, 0.29) is 22.4 Å². The summed E-state index contributed by atoms with van der Waals surface area (Å²) >= 11 is 2.08. The fourth-order valence-corrected chi connectivity index (χ4v) is 10.4. The average Bonchev–Trinajstić information content (AvgIpc) is 3.38. The maximum Gasteiger partial charge on any atom is 0.306 e. The van der Waals surface area contributed by atoms with Crippen molar-refractivity contribution in [1.29, 1.82) is 0 Å². The highest BCUT2D eigenvalue weighted by Gasteiger charge is 2.68. The van der Waals surface area contributed by atoms with Crippen LogP contribution in [-0.4, -0.2) is 29.7 Å². The van der Waals surface area contributed by atoms with E-state index in [1.165, 1.54) is 24.0 Å². The fourth-order valence-electron chi connectivity index (χ4n) is 8.89. The van der Waals surface area contributed by atoms with Gasteiger partial charge >= 0.3 is 5.97 Å². The molecule has 4 aliphatic carbocycles. The average molecular weight is 495 g/mol. The van der Waals surface area contributed by atoms with Crippen molar-refractivity contribution in [2.24, 2.45) is 28.6 Å². The molecule has 1 spiro atoms. The Labute approximate surface area is 213 Å². The number of rotatable bonds is 4. The molecule has 0 radical (unpaired) electrons. The van der Waals surface area contributed by atoms with E-state index >= 15 is 0 Å². The van der Waals surface area contributed by atoms with E-state index in [4.69, 9.17) is 9.47 Å². The number of methoxy groups -OCH3 is 1. The van der Waals surface area contributed by atoms with E-state index in [1.54, 1.807) is 7.11 Å². The van der Waals surface area contributed by atoms with E-state index in [2.05, 4.69) is 37.7 Å². The Morgan fingerprint density at radius 3 is 2.49 bits per heavy atom. The summed E-state index contributed by atoms with van der Waals surface area (Å²) in [5.41, 5.74) is 2.69. The molecule has 35 heavy (non-hydrogen) atoms. The molecule has 1 heterocycles. The van der Waals surface area contributed by atoms with Gasteiger partial charge in [-0.3, -0.25) is 9.59 Å². The van der Waals surface area contributed by atoms with Crippen LogP contribution in [0, 0.1) is 28.6 Å². The van der Waals surface area contributed by atoms with Crippen molar-refractivity contribution in [2.75, 3.05) is 7.11 Å². The van der Waals surface area contributed by atoms with Gasteiger partial charge in [0.2, 0.25) is 0 Å². The molecule has 4 nitrogen and oxygen atoms in total. The van der Waals surface area contributed by atoms with Crippen LogP contribution in [0.1, 0.15) is 77.2 Å². The van der Waals surface area contributed by atoms with E-state index in [0.29, 0.717) is 41.6 Å². The maximum absolute atomic E-state index is 12.5. The molecule has 0 aromatic heterocycles. The zero-order chi connectivity index (χ0) is 24.4. The van der Waals surface area contributed by atoms with Gasteiger partial charge in [-0.2, -0.15) is 11.8 Å². The maximum atomic E-state index is 12.5. The third-order valence-electron chi connectivity index (χ3n) is 10.9. The van der Waals surface area contributed by atoms with Crippen LogP contribution >= 0.6 is 11.8 Å². The third kappa shape index (κ3) is 3.54. The van der Waals surface area contributed by atoms with Crippen molar-refractivity contribution < 1.29 is 19.1 Å². The SMILES string of the molecule is COc1ccc(CS[C@@H]2CC3=CC(=O)CC[C@]3(C)[C@H]3CC[C@@]4(C)[C@@H](CC[C@@]45CCC(=O)O5)[C@H]23)cc1. The standard InChI is InChI=1S/C30H38O4S/c1-28-12-8-21(31)16-20(28)17-25(35-18-19-4-6-22(33-3)7-5-19)27-23(28)9-13-29(2)24(27)10-14-30(29)15-11-26(32)34-30/h4-7,16,23-25,27H,8-15,17-18H2,1-3H3/t23-,24-,25+,27+,28-,29-,30+/m0/s1. The molecule has 1 aromatic carbocycles. The Morgan fingerprint density at radius 2 is 1.77 bits per heavy atom. The van der Waals surface area contributed by atoms with Gasteiger partial charge in [0, 0.05) is 29.3 Å². The lowest BCUT2D eigenvalue weighted by molar-refractivity contribution is -0.167. The number of carbonyl (C=O) groups excluding carboxylic acids is 2. The molecule has 0 unspecified atom stereocenters. The molecule has 1 aliphatic heterocycles. The molecular weight excluding hydrogens is 456 g/mol. The molecule has 1 saturated heterocycles. The number of benzene rings is 1. The number of allylic oxidation sites excluding steroid dienone is 1. The molecular formula is C30H38O4S. The van der Waals surface area contributed by atoms with Gasteiger partial charge in [0.05, 0.1) is 7.11 Å². The van der Waals surface area contributed by atoms with Gasteiger partial charge in [0.1, 0.15) is 11.4 Å². The predicted molar refractivity (Wildman–Crippen MR) is 138 cm³/mol. The second-order valence-electron chi connectivity index (χ2n) is 12.2. The first-order valence-electron chi connectivity index (χ1n) is 13.5. The van der Waals surface area contributed by atoms with Crippen LogP contribution < -0.4 is 4.74 Å². The van der Waals surface area contributed by atoms with Crippen LogP contribution in [0.3, 0.4) is 0 Å². The molecule has 5 aliphatic rings. The first-order valence-corrected chi connectivity index (χ1v) is 14.5. The summed E-state index contributed by atoms with van der Waals surface area (Å²) in [5, 5.41) is 0.490. The Bertz CT molecular complexity index is 1060. The molecule has 7 atom stereocenters. The zero-order valence-corrected chi connectivity index (χ0v) is 22.1. The highest BCUT2D eigenvalue weighted by atomic mass is 32.2. The first kappa shape index (κ1) is 23.6. The topological polar surface area (TPSA) is 52.6 Å². The van der Waals surface area contributed by atoms with Crippen LogP contribution in [0.2, 0.25) is 0 Å². The molecule has 3 saturated carbocycles. The number of carbonyl (C=O) groups is 2. The van der Waals surface area contributed by atoms with Crippen molar-refractivity contribution in [3.05, 3.63) is 41.5 Å². The Hall–Kier alpha value is -1.75. The lowest BCUT2D eigenvalue weighted by atomic mass is 9.46. The predicted octanol–water partition coefficient (Wildman–Crippen LogP) is 6.51. The Morgan fingerprint density at radius 1 is 1.00 bits per heavy atom. The minimum Gasteiger partial charge on any atom is -0.497 e. The van der Waals surface area contributed by atoms with E-state index in [9.17, 15) is 9.59 Å². The van der Waals surface area contributed by atoms with E-state index < -0.39 is 0 Å². The van der Waals surface area contributed by atoms with Crippen LogP contribution in [0.5, 0.6) is 5.75 Å². The summed E-state index contributed by atoms with van der Waals surface area (Å²) in [6.45, 7) is 4.90. The molecule has 1 aromatic rings. The van der Waals surface area contributed by atoms with Gasteiger partial charge < -0.3 is 9.47 Å². The minimum atomic E-state index is -0.246. The zero-order valence-electron chi connectivity index (χ0n) is 21.3.